The quantitative estimate of drug-likeness (QED) is 0.675. The summed E-state index contributed by atoms with van der Waals surface area (Å²) in [5, 5.41) is 4.52. The Bertz CT molecular complexity index is 629. The third-order valence-corrected chi connectivity index (χ3v) is 3.28. The van der Waals surface area contributed by atoms with Crippen LogP contribution >= 0.6 is 0 Å². The van der Waals surface area contributed by atoms with Crippen LogP contribution in [0, 0.1) is 0 Å². The zero-order chi connectivity index (χ0) is 13.4. The van der Waals surface area contributed by atoms with E-state index in [9.17, 15) is 4.79 Å². The first-order valence-electron chi connectivity index (χ1n) is 6.23. The van der Waals surface area contributed by atoms with E-state index in [1.807, 2.05) is 12.3 Å². The molecule has 1 fully saturated rings. The van der Waals surface area contributed by atoms with Gasteiger partial charge in [0.1, 0.15) is 0 Å². The number of hydrogen-bond acceptors (Lipinski definition) is 4. The number of carbonyl (C=O) groups excluding carboxylic acids is 1. The molecular weight excluding hydrogens is 242 g/mol. The van der Waals surface area contributed by atoms with Crippen molar-refractivity contribution in [3.63, 3.8) is 0 Å². The van der Waals surface area contributed by atoms with Crippen molar-refractivity contribution >= 4 is 11.7 Å². The molecule has 0 saturated heterocycles. The van der Waals surface area contributed by atoms with Gasteiger partial charge in [-0.3, -0.25) is 0 Å². The lowest BCUT2D eigenvalue weighted by Gasteiger charge is -2.08. The molecule has 5 nitrogen and oxygen atoms in total. The molecule has 1 aromatic heterocycles. The van der Waals surface area contributed by atoms with Gasteiger partial charge in [-0.25, -0.2) is 9.48 Å². The van der Waals surface area contributed by atoms with Gasteiger partial charge >= 0.3 is 5.97 Å². The molecule has 1 aliphatic carbocycles. The fourth-order valence-electron chi connectivity index (χ4n) is 2.10. The molecule has 0 radical (unpaired) electrons. The van der Waals surface area contributed by atoms with Crippen molar-refractivity contribution in [2.45, 2.75) is 18.8 Å². The highest BCUT2D eigenvalue weighted by Crippen LogP contribution is 2.39. The standard InChI is InChI=1S/C14H15N3O2/c1-19-14(18)11-8-10(15)4-5-13(11)17-7-6-12(16-17)9-2-3-9/h4-9H,2-3,15H2,1H3. The Morgan fingerprint density at radius 1 is 1.42 bits per heavy atom. The minimum absolute atomic E-state index is 0.411. The number of nitrogen functional groups attached to an aromatic ring is 1. The van der Waals surface area contributed by atoms with Crippen LogP contribution in [0.3, 0.4) is 0 Å². The summed E-state index contributed by atoms with van der Waals surface area (Å²) < 4.78 is 6.49. The second-order valence-electron chi connectivity index (χ2n) is 4.73. The number of aromatic nitrogens is 2. The van der Waals surface area contributed by atoms with Crippen LogP contribution in [0.2, 0.25) is 0 Å². The maximum Gasteiger partial charge on any atom is 0.340 e. The summed E-state index contributed by atoms with van der Waals surface area (Å²) in [6, 6.07) is 7.14. The zero-order valence-corrected chi connectivity index (χ0v) is 10.7. The first-order chi connectivity index (χ1) is 9.19. The lowest BCUT2D eigenvalue weighted by molar-refractivity contribution is 0.0600. The van der Waals surface area contributed by atoms with Crippen molar-refractivity contribution in [3.05, 3.63) is 41.7 Å². The van der Waals surface area contributed by atoms with Gasteiger partial charge in [0.05, 0.1) is 24.1 Å². The first-order valence-corrected chi connectivity index (χ1v) is 6.23. The van der Waals surface area contributed by atoms with E-state index < -0.39 is 5.97 Å². The Morgan fingerprint density at radius 3 is 2.89 bits per heavy atom. The molecule has 0 amide bonds. The fraction of sp³-hybridized carbons (Fsp3) is 0.286. The Hall–Kier alpha value is -2.30. The molecule has 5 heteroatoms. The van der Waals surface area contributed by atoms with Crippen LogP contribution < -0.4 is 5.73 Å². The normalized spacial score (nSPS) is 14.4. The fourth-order valence-corrected chi connectivity index (χ4v) is 2.10. The maximum absolute atomic E-state index is 11.8. The van der Waals surface area contributed by atoms with Gasteiger partial charge in [0, 0.05) is 17.8 Å². The van der Waals surface area contributed by atoms with Crippen molar-refractivity contribution in [1.29, 1.82) is 0 Å². The molecule has 1 heterocycles. The Morgan fingerprint density at radius 2 is 2.21 bits per heavy atom. The van der Waals surface area contributed by atoms with Gasteiger partial charge in [0.25, 0.3) is 0 Å². The van der Waals surface area contributed by atoms with Crippen molar-refractivity contribution < 1.29 is 9.53 Å². The summed E-state index contributed by atoms with van der Waals surface area (Å²) in [4.78, 5) is 11.8. The van der Waals surface area contributed by atoms with Crippen LogP contribution in [-0.2, 0) is 4.74 Å². The number of ether oxygens (including phenoxy) is 1. The molecule has 98 valence electrons. The smallest absolute Gasteiger partial charge is 0.340 e. The molecule has 0 spiro atoms. The van der Waals surface area contributed by atoms with Crippen molar-refractivity contribution in [2.24, 2.45) is 0 Å². The Kier molecular flexibility index (Phi) is 2.74. The predicted octanol–water partition coefficient (Wildman–Crippen LogP) is 2.12. The highest BCUT2D eigenvalue weighted by atomic mass is 16.5. The summed E-state index contributed by atoms with van der Waals surface area (Å²) in [5.74, 6) is 0.169. The molecular formula is C14H15N3O2. The van der Waals surface area contributed by atoms with E-state index >= 15 is 0 Å². The molecule has 2 N–H and O–H groups in total. The third kappa shape index (κ3) is 2.19. The predicted molar refractivity (Wildman–Crippen MR) is 71.3 cm³/mol. The van der Waals surface area contributed by atoms with Crippen LogP contribution in [-0.4, -0.2) is 22.9 Å². The van der Waals surface area contributed by atoms with E-state index in [1.165, 1.54) is 20.0 Å². The molecule has 0 aliphatic heterocycles. The minimum atomic E-state index is -0.411. The van der Waals surface area contributed by atoms with Gasteiger partial charge < -0.3 is 10.5 Å². The van der Waals surface area contributed by atoms with E-state index in [1.54, 1.807) is 22.9 Å². The Labute approximate surface area is 111 Å². The number of nitrogens with zero attached hydrogens (tertiary/aromatic N) is 2. The number of nitrogens with two attached hydrogens (primary N) is 1. The van der Waals surface area contributed by atoms with E-state index in [-0.39, 0.29) is 0 Å². The lowest BCUT2D eigenvalue weighted by atomic mass is 10.1. The van der Waals surface area contributed by atoms with Crippen molar-refractivity contribution in [3.8, 4) is 5.69 Å². The summed E-state index contributed by atoms with van der Waals surface area (Å²) in [6.45, 7) is 0. The summed E-state index contributed by atoms with van der Waals surface area (Å²) in [7, 11) is 1.36. The van der Waals surface area contributed by atoms with Crippen LogP contribution in [0.15, 0.2) is 30.5 Å². The molecule has 1 aliphatic rings. The monoisotopic (exact) mass is 257 g/mol. The molecule has 1 aromatic carbocycles. The zero-order valence-electron chi connectivity index (χ0n) is 10.7. The van der Waals surface area contributed by atoms with Gasteiger partial charge in [0.15, 0.2) is 0 Å². The number of methoxy groups -OCH3 is 1. The van der Waals surface area contributed by atoms with Crippen LogP contribution in [0.5, 0.6) is 0 Å². The van der Waals surface area contributed by atoms with Crippen LogP contribution in [0.1, 0.15) is 34.8 Å². The van der Waals surface area contributed by atoms with Crippen LogP contribution in [0.4, 0.5) is 5.69 Å². The van der Waals surface area contributed by atoms with Gasteiger partial charge in [0.2, 0.25) is 0 Å². The maximum atomic E-state index is 11.8. The highest BCUT2D eigenvalue weighted by Gasteiger charge is 2.26. The minimum Gasteiger partial charge on any atom is -0.465 e. The van der Waals surface area contributed by atoms with Crippen molar-refractivity contribution in [1.82, 2.24) is 9.78 Å². The van der Waals surface area contributed by atoms with E-state index in [2.05, 4.69) is 5.10 Å². The number of hydrogen-bond donors (Lipinski definition) is 1. The molecule has 2 aromatic rings. The number of carbonyl (C=O) groups is 1. The van der Waals surface area contributed by atoms with Crippen LogP contribution in [0.25, 0.3) is 5.69 Å². The van der Waals surface area contributed by atoms with Gasteiger partial charge in [-0.2, -0.15) is 5.10 Å². The number of anilines is 1. The summed E-state index contributed by atoms with van der Waals surface area (Å²) in [6.07, 6.45) is 4.26. The lowest BCUT2D eigenvalue weighted by Crippen LogP contribution is -2.09. The third-order valence-electron chi connectivity index (χ3n) is 3.28. The second-order valence-corrected chi connectivity index (χ2v) is 4.73. The topological polar surface area (TPSA) is 70.1 Å². The number of benzene rings is 1. The number of rotatable bonds is 3. The van der Waals surface area contributed by atoms with E-state index in [0.717, 1.165) is 5.69 Å². The van der Waals surface area contributed by atoms with Gasteiger partial charge in [-0.15, -0.1) is 0 Å². The SMILES string of the molecule is COC(=O)c1cc(N)ccc1-n1ccc(C2CC2)n1. The van der Waals surface area contributed by atoms with Gasteiger partial charge in [-0.05, 0) is 37.1 Å². The molecule has 19 heavy (non-hydrogen) atoms. The molecule has 3 rings (SSSR count). The number of esters is 1. The summed E-state index contributed by atoms with van der Waals surface area (Å²) in [5.41, 5.74) is 8.44. The average Bonchev–Trinajstić information content (AvgIpc) is 3.16. The first kappa shape index (κ1) is 11.8. The molecule has 0 bridgehead atoms. The second kappa shape index (κ2) is 4.42. The van der Waals surface area contributed by atoms with Gasteiger partial charge in [-0.1, -0.05) is 0 Å². The average molecular weight is 257 g/mol. The molecule has 1 saturated carbocycles. The molecule has 0 unspecified atom stereocenters. The van der Waals surface area contributed by atoms with E-state index in [0.29, 0.717) is 22.9 Å². The highest BCUT2D eigenvalue weighted by molar-refractivity contribution is 5.94. The largest absolute Gasteiger partial charge is 0.465 e. The Balaban J connectivity index is 2.04. The molecule has 0 atom stereocenters. The summed E-state index contributed by atoms with van der Waals surface area (Å²) >= 11 is 0. The van der Waals surface area contributed by atoms with Crippen molar-refractivity contribution in [2.75, 3.05) is 12.8 Å². The van der Waals surface area contributed by atoms with E-state index in [4.69, 9.17) is 10.5 Å².